The third-order valence-corrected chi connectivity index (χ3v) is 1.29. The van der Waals surface area contributed by atoms with E-state index in [0.29, 0.717) is 0 Å². The van der Waals surface area contributed by atoms with Crippen molar-refractivity contribution in [2.75, 3.05) is 7.11 Å². The summed E-state index contributed by atoms with van der Waals surface area (Å²) < 4.78 is 27.5. The Morgan fingerprint density at radius 1 is 1.06 bits per heavy atom. The van der Waals surface area contributed by atoms with Crippen LogP contribution in [0.3, 0.4) is 0 Å². The molecule has 1 aromatic carbocycles. The number of rotatable bonds is 2. The fraction of sp³-hybridized carbons (Fsp3) is 0.0909. The van der Waals surface area contributed by atoms with Crippen LogP contribution in [0, 0.1) is 25.4 Å². The number of ether oxygens (including phenoxy) is 1. The van der Waals surface area contributed by atoms with E-state index in [1.807, 2.05) is 24.3 Å². The van der Waals surface area contributed by atoms with Gasteiger partial charge in [0, 0.05) is 29.1 Å². The summed E-state index contributed by atoms with van der Waals surface area (Å²) in [6, 6.07) is 7.43. The first kappa shape index (κ1) is 24.6. The molecule has 1 aromatic rings. The van der Waals surface area contributed by atoms with Crippen molar-refractivity contribution in [1.29, 1.82) is 5.41 Å². The van der Waals surface area contributed by atoms with Crippen molar-refractivity contribution in [3.8, 4) is 5.75 Å². The molecule has 0 amide bonds. The molecule has 0 saturated heterocycles. The average molecular weight is 271 g/mol. The minimum Gasteiger partial charge on any atom is 0 e. The first-order valence-corrected chi connectivity index (χ1v) is 3.63. The number of para-hydroxylation sites is 1. The predicted octanol–water partition coefficient (Wildman–Crippen LogP) is 1.58. The molecule has 5 nitrogen and oxygen atoms in total. The molecule has 0 bridgehead atoms. The molecule has 6 heteroatoms. The molecule has 0 saturated carbocycles. The number of nitrogens with one attached hydrogen (secondary N) is 1. The smallest absolute Gasteiger partial charge is 0 e. The molecule has 0 fully saturated rings. The van der Waals surface area contributed by atoms with Crippen LogP contribution in [0.25, 0.3) is 0 Å². The standard InChI is InChI=1S/C8H9NO.3CO.Cr/c1-10-8-5-3-2-4-7(8)6-9;3*1-2;/h2-6,9H,1H3;;;;. The van der Waals surface area contributed by atoms with Gasteiger partial charge in [-0.15, -0.1) is 0 Å². The van der Waals surface area contributed by atoms with Crippen molar-refractivity contribution in [2.24, 2.45) is 0 Å². The molecular formula is C11H9CrNO4. The number of methoxy groups -OCH3 is 1. The second-order valence-electron chi connectivity index (χ2n) is 1.89. The zero-order valence-electron chi connectivity index (χ0n) is 8.93. The van der Waals surface area contributed by atoms with Gasteiger partial charge in [-0.1, -0.05) is 12.1 Å². The van der Waals surface area contributed by atoms with Crippen molar-refractivity contribution in [2.45, 2.75) is 0 Å². The van der Waals surface area contributed by atoms with E-state index in [-0.39, 0.29) is 17.4 Å². The molecule has 0 spiro atoms. The summed E-state index contributed by atoms with van der Waals surface area (Å²) in [5.41, 5.74) is 0.810. The van der Waals surface area contributed by atoms with Crippen molar-refractivity contribution in [3.63, 3.8) is 0 Å². The van der Waals surface area contributed by atoms with E-state index in [9.17, 15) is 0 Å². The van der Waals surface area contributed by atoms with E-state index in [2.05, 4.69) is 20.0 Å². The Bertz CT molecular complexity index is 333. The minimum atomic E-state index is 0. The Hall–Kier alpha value is -1.56. The van der Waals surface area contributed by atoms with Gasteiger partial charge >= 0.3 is 33.9 Å². The van der Waals surface area contributed by atoms with Gasteiger partial charge in [0.15, 0.2) is 0 Å². The second-order valence-corrected chi connectivity index (χ2v) is 1.89. The summed E-state index contributed by atoms with van der Waals surface area (Å²) in [6.45, 7) is 13.5. The molecule has 0 aliphatic carbocycles. The second kappa shape index (κ2) is 23.9. The van der Waals surface area contributed by atoms with E-state index in [0.717, 1.165) is 11.3 Å². The number of hydrogen-bond acceptors (Lipinski definition) is 2. The van der Waals surface area contributed by atoms with Crippen LogP contribution in [-0.2, 0) is 31.3 Å². The largest absolute Gasteiger partial charge is 0 e. The number of hydrogen-bond donors (Lipinski definition) is 1. The SMILES string of the molecule is COc1ccccc1C=N.[C-]#[O+].[C-]#[O+].[C-]#[O+].[Cr]. The maximum Gasteiger partial charge on any atom is 0 e. The summed E-state index contributed by atoms with van der Waals surface area (Å²) in [6.07, 6.45) is 1.28. The Morgan fingerprint density at radius 3 is 1.76 bits per heavy atom. The summed E-state index contributed by atoms with van der Waals surface area (Å²) in [5, 5.41) is 6.98. The van der Waals surface area contributed by atoms with E-state index in [1.165, 1.54) is 6.21 Å². The normalized spacial score (nSPS) is 5.59. The van der Waals surface area contributed by atoms with Crippen LogP contribution in [0.1, 0.15) is 5.56 Å². The molecule has 0 heterocycles. The molecule has 88 valence electrons. The van der Waals surface area contributed by atoms with Crippen molar-refractivity contribution in [1.82, 2.24) is 0 Å². The molecular weight excluding hydrogens is 262 g/mol. The maximum absolute atomic E-state index is 7.50. The fourth-order valence-electron chi connectivity index (χ4n) is 0.786. The van der Waals surface area contributed by atoms with Gasteiger partial charge in [0.1, 0.15) is 5.75 Å². The maximum atomic E-state index is 7.50. The van der Waals surface area contributed by atoms with Crippen LogP contribution in [0.2, 0.25) is 0 Å². The van der Waals surface area contributed by atoms with Gasteiger partial charge in [-0.05, 0) is 12.1 Å². The van der Waals surface area contributed by atoms with E-state index in [1.54, 1.807) is 7.11 Å². The molecule has 1 N–H and O–H groups in total. The van der Waals surface area contributed by atoms with Crippen LogP contribution in [0.15, 0.2) is 24.3 Å². The van der Waals surface area contributed by atoms with Gasteiger partial charge < -0.3 is 10.1 Å². The van der Waals surface area contributed by atoms with Gasteiger partial charge in [0.25, 0.3) is 0 Å². The zero-order chi connectivity index (χ0) is 13.4. The molecule has 0 aromatic heterocycles. The fourth-order valence-corrected chi connectivity index (χ4v) is 0.786. The van der Waals surface area contributed by atoms with Crippen molar-refractivity contribution in [3.05, 3.63) is 49.8 Å². The molecule has 0 atom stereocenters. The van der Waals surface area contributed by atoms with Crippen LogP contribution >= 0.6 is 0 Å². The van der Waals surface area contributed by atoms with E-state index in [4.69, 9.17) is 24.1 Å². The average Bonchev–Trinajstić information content (AvgIpc) is 2.45. The van der Waals surface area contributed by atoms with E-state index < -0.39 is 0 Å². The Morgan fingerprint density at radius 2 is 1.47 bits per heavy atom. The van der Waals surface area contributed by atoms with E-state index >= 15 is 0 Å². The molecule has 0 aliphatic heterocycles. The zero-order valence-corrected chi connectivity index (χ0v) is 10.2. The van der Waals surface area contributed by atoms with Gasteiger partial charge in [-0.25, -0.2) is 0 Å². The van der Waals surface area contributed by atoms with Crippen LogP contribution in [-0.4, -0.2) is 13.3 Å². The summed E-state index contributed by atoms with van der Waals surface area (Å²) in [5.74, 6) is 0.748. The monoisotopic (exact) mass is 271 g/mol. The Balaban J connectivity index is -0.000000106. The topological polar surface area (TPSA) is 92.8 Å². The molecule has 0 radical (unpaired) electrons. The first-order valence-electron chi connectivity index (χ1n) is 3.63. The first-order chi connectivity index (χ1) is 7.88. The van der Waals surface area contributed by atoms with Crippen LogP contribution in [0.4, 0.5) is 0 Å². The third kappa shape index (κ3) is 12.4. The van der Waals surface area contributed by atoms with Gasteiger partial charge in [0.2, 0.25) is 0 Å². The molecule has 1 rings (SSSR count). The van der Waals surface area contributed by atoms with Crippen molar-refractivity contribution < 1.29 is 36.1 Å². The van der Waals surface area contributed by atoms with Gasteiger partial charge in [-0.3, -0.25) is 0 Å². The van der Waals surface area contributed by atoms with Gasteiger partial charge in [-0.2, -0.15) is 0 Å². The third-order valence-electron chi connectivity index (χ3n) is 1.29. The van der Waals surface area contributed by atoms with Crippen LogP contribution < -0.4 is 4.74 Å². The Kier molecular flexibility index (Phi) is 34.6. The van der Waals surface area contributed by atoms with Gasteiger partial charge in [0.05, 0.1) is 7.11 Å². The summed E-state index contributed by atoms with van der Waals surface area (Å²) in [7, 11) is 1.60. The molecule has 0 aliphatic rings. The number of benzene rings is 1. The Labute approximate surface area is 111 Å². The van der Waals surface area contributed by atoms with Crippen molar-refractivity contribution >= 4 is 6.21 Å². The summed E-state index contributed by atoms with van der Waals surface area (Å²) >= 11 is 0. The predicted molar refractivity (Wildman–Crippen MR) is 52.7 cm³/mol. The molecule has 0 unspecified atom stereocenters. The molecule has 17 heavy (non-hydrogen) atoms. The minimum absolute atomic E-state index is 0. The summed E-state index contributed by atoms with van der Waals surface area (Å²) in [4.78, 5) is 0. The van der Waals surface area contributed by atoms with Crippen LogP contribution in [0.5, 0.6) is 5.75 Å². The quantitative estimate of drug-likeness (QED) is 0.493.